The maximum Gasteiger partial charge on any atom is 0.270 e. The Hall–Kier alpha value is -3.72. The summed E-state index contributed by atoms with van der Waals surface area (Å²) < 4.78 is 0. The Bertz CT molecular complexity index is 932. The second kappa shape index (κ2) is 7.90. The molecule has 26 heavy (non-hydrogen) atoms. The number of hydrogen-bond acceptors (Lipinski definition) is 5. The number of anilines is 2. The average Bonchev–Trinajstić information content (AvgIpc) is 2.69. The SMILES string of the molecule is CC(NC(=O)c1ccnc(Nc2ccc(C#N)cc2)n1)c1ccccc1. The fraction of sp³-hybridized carbons (Fsp3) is 0.100. The van der Waals surface area contributed by atoms with Crippen LogP contribution in [0.2, 0.25) is 0 Å². The number of nitriles is 1. The molecule has 6 heteroatoms. The zero-order chi connectivity index (χ0) is 18.4. The van der Waals surface area contributed by atoms with Gasteiger partial charge in [-0.3, -0.25) is 4.79 Å². The highest BCUT2D eigenvalue weighted by atomic mass is 16.1. The maximum atomic E-state index is 12.5. The Morgan fingerprint density at radius 1 is 1.08 bits per heavy atom. The molecule has 3 aromatic rings. The predicted octanol–water partition coefficient (Wildman–Crippen LogP) is 3.58. The van der Waals surface area contributed by atoms with Crippen molar-refractivity contribution >= 4 is 17.5 Å². The largest absolute Gasteiger partial charge is 0.344 e. The van der Waals surface area contributed by atoms with Gasteiger partial charge in [0.25, 0.3) is 5.91 Å². The summed E-state index contributed by atoms with van der Waals surface area (Å²) in [5.41, 5.74) is 2.60. The van der Waals surface area contributed by atoms with Crippen LogP contribution in [0, 0.1) is 11.3 Å². The maximum absolute atomic E-state index is 12.5. The van der Waals surface area contributed by atoms with Crippen LogP contribution in [0.5, 0.6) is 0 Å². The summed E-state index contributed by atoms with van der Waals surface area (Å²) in [5, 5.41) is 14.8. The van der Waals surface area contributed by atoms with Crippen molar-refractivity contribution in [2.75, 3.05) is 5.32 Å². The van der Waals surface area contributed by atoms with Crippen LogP contribution in [-0.2, 0) is 0 Å². The molecule has 1 heterocycles. The lowest BCUT2D eigenvalue weighted by Crippen LogP contribution is -2.27. The van der Waals surface area contributed by atoms with Crippen molar-refractivity contribution in [3.05, 3.63) is 83.7 Å². The number of hydrogen-bond donors (Lipinski definition) is 2. The molecule has 1 amide bonds. The zero-order valence-electron chi connectivity index (χ0n) is 14.2. The normalized spacial score (nSPS) is 11.2. The number of nitrogens with zero attached hydrogens (tertiary/aromatic N) is 3. The first kappa shape index (κ1) is 17.1. The molecule has 0 bridgehead atoms. The van der Waals surface area contributed by atoms with Gasteiger partial charge in [-0.1, -0.05) is 30.3 Å². The van der Waals surface area contributed by atoms with Gasteiger partial charge < -0.3 is 10.6 Å². The second-order valence-electron chi connectivity index (χ2n) is 5.69. The van der Waals surface area contributed by atoms with E-state index in [1.165, 1.54) is 6.20 Å². The van der Waals surface area contributed by atoms with Crippen molar-refractivity contribution in [2.45, 2.75) is 13.0 Å². The van der Waals surface area contributed by atoms with Crippen LogP contribution in [0.1, 0.15) is 34.6 Å². The van der Waals surface area contributed by atoms with Crippen LogP contribution < -0.4 is 10.6 Å². The molecule has 128 valence electrons. The summed E-state index contributed by atoms with van der Waals surface area (Å²) in [7, 11) is 0. The molecule has 2 aromatic carbocycles. The quantitative estimate of drug-likeness (QED) is 0.739. The highest BCUT2D eigenvalue weighted by molar-refractivity contribution is 5.92. The Kier molecular flexibility index (Phi) is 5.20. The number of rotatable bonds is 5. The van der Waals surface area contributed by atoms with Gasteiger partial charge in [-0.2, -0.15) is 5.26 Å². The van der Waals surface area contributed by atoms with Gasteiger partial charge in [-0.15, -0.1) is 0 Å². The van der Waals surface area contributed by atoms with Crippen LogP contribution in [0.4, 0.5) is 11.6 Å². The first-order chi connectivity index (χ1) is 12.7. The van der Waals surface area contributed by atoms with Crippen molar-refractivity contribution < 1.29 is 4.79 Å². The van der Waals surface area contributed by atoms with Crippen molar-refractivity contribution in [1.29, 1.82) is 5.26 Å². The molecule has 0 aliphatic rings. The highest BCUT2D eigenvalue weighted by Crippen LogP contribution is 2.15. The molecule has 6 nitrogen and oxygen atoms in total. The minimum atomic E-state index is -0.272. The molecule has 0 spiro atoms. The van der Waals surface area contributed by atoms with Crippen LogP contribution in [0.25, 0.3) is 0 Å². The fourth-order valence-corrected chi connectivity index (χ4v) is 2.40. The number of nitrogens with one attached hydrogen (secondary N) is 2. The van der Waals surface area contributed by atoms with Crippen LogP contribution in [0.3, 0.4) is 0 Å². The lowest BCUT2D eigenvalue weighted by molar-refractivity contribution is 0.0935. The molecular formula is C20H17N5O. The molecule has 1 aromatic heterocycles. The van der Waals surface area contributed by atoms with E-state index in [0.29, 0.717) is 11.5 Å². The predicted molar refractivity (Wildman–Crippen MR) is 98.8 cm³/mol. The van der Waals surface area contributed by atoms with Crippen molar-refractivity contribution in [3.63, 3.8) is 0 Å². The van der Waals surface area contributed by atoms with E-state index in [4.69, 9.17) is 5.26 Å². The fourth-order valence-electron chi connectivity index (χ4n) is 2.40. The van der Waals surface area contributed by atoms with Gasteiger partial charge in [-0.25, -0.2) is 9.97 Å². The molecule has 0 fully saturated rings. The van der Waals surface area contributed by atoms with Crippen molar-refractivity contribution in [3.8, 4) is 6.07 Å². The first-order valence-corrected chi connectivity index (χ1v) is 8.12. The third kappa shape index (κ3) is 4.22. The van der Waals surface area contributed by atoms with Gasteiger partial charge >= 0.3 is 0 Å². The number of benzene rings is 2. The lowest BCUT2D eigenvalue weighted by Gasteiger charge is -2.14. The summed E-state index contributed by atoms with van der Waals surface area (Å²) in [6.07, 6.45) is 1.53. The molecule has 0 saturated heterocycles. The summed E-state index contributed by atoms with van der Waals surface area (Å²) in [4.78, 5) is 20.8. The molecule has 0 aliphatic heterocycles. The Balaban J connectivity index is 1.70. The minimum Gasteiger partial charge on any atom is -0.344 e. The van der Waals surface area contributed by atoms with E-state index in [0.717, 1.165) is 11.3 Å². The van der Waals surface area contributed by atoms with Crippen molar-refractivity contribution in [2.24, 2.45) is 0 Å². The van der Waals surface area contributed by atoms with Gasteiger partial charge in [0.05, 0.1) is 17.7 Å². The van der Waals surface area contributed by atoms with Crippen LogP contribution >= 0.6 is 0 Å². The van der Waals surface area contributed by atoms with E-state index in [9.17, 15) is 4.79 Å². The molecule has 1 atom stereocenters. The van der Waals surface area contributed by atoms with Gasteiger partial charge in [0.2, 0.25) is 5.95 Å². The van der Waals surface area contributed by atoms with E-state index in [1.807, 2.05) is 37.3 Å². The second-order valence-corrected chi connectivity index (χ2v) is 5.69. The number of aromatic nitrogens is 2. The number of carbonyl (C=O) groups is 1. The molecule has 0 radical (unpaired) electrons. The number of amides is 1. The van der Waals surface area contributed by atoms with E-state index < -0.39 is 0 Å². The zero-order valence-corrected chi connectivity index (χ0v) is 14.2. The highest BCUT2D eigenvalue weighted by Gasteiger charge is 2.13. The standard InChI is InChI=1S/C20H17N5O/c1-14(16-5-3-2-4-6-16)23-19(26)18-11-12-22-20(25-18)24-17-9-7-15(13-21)8-10-17/h2-12,14H,1H3,(H,23,26)(H,22,24,25). The van der Waals surface area contributed by atoms with Gasteiger partial charge in [-0.05, 0) is 42.8 Å². The molecule has 2 N–H and O–H groups in total. The topological polar surface area (TPSA) is 90.7 Å². The van der Waals surface area contributed by atoms with E-state index in [1.54, 1.807) is 30.3 Å². The van der Waals surface area contributed by atoms with Gasteiger partial charge in [0.1, 0.15) is 5.69 Å². The molecule has 3 rings (SSSR count). The molecule has 0 aliphatic carbocycles. The minimum absolute atomic E-state index is 0.131. The molecule has 1 unspecified atom stereocenters. The Morgan fingerprint density at radius 2 is 1.81 bits per heavy atom. The third-order valence-electron chi connectivity index (χ3n) is 3.81. The smallest absolute Gasteiger partial charge is 0.270 e. The Labute approximate surface area is 151 Å². The van der Waals surface area contributed by atoms with Crippen molar-refractivity contribution in [1.82, 2.24) is 15.3 Å². The van der Waals surface area contributed by atoms with Gasteiger partial charge in [0.15, 0.2) is 0 Å². The Morgan fingerprint density at radius 3 is 2.50 bits per heavy atom. The first-order valence-electron chi connectivity index (χ1n) is 8.12. The summed E-state index contributed by atoms with van der Waals surface area (Å²) >= 11 is 0. The van der Waals surface area contributed by atoms with Crippen LogP contribution in [0.15, 0.2) is 66.9 Å². The van der Waals surface area contributed by atoms with E-state index in [-0.39, 0.29) is 17.6 Å². The van der Waals surface area contributed by atoms with E-state index >= 15 is 0 Å². The molecular weight excluding hydrogens is 326 g/mol. The molecule has 0 saturated carbocycles. The summed E-state index contributed by atoms with van der Waals surface area (Å²) in [5.74, 6) is 0.0429. The van der Waals surface area contributed by atoms with Crippen LogP contribution in [-0.4, -0.2) is 15.9 Å². The summed E-state index contributed by atoms with van der Waals surface area (Å²) in [6.45, 7) is 1.92. The lowest BCUT2D eigenvalue weighted by atomic mass is 10.1. The third-order valence-corrected chi connectivity index (χ3v) is 3.81. The monoisotopic (exact) mass is 343 g/mol. The summed E-state index contributed by atoms with van der Waals surface area (Å²) in [6, 6.07) is 20.1. The van der Waals surface area contributed by atoms with Gasteiger partial charge in [0, 0.05) is 11.9 Å². The number of carbonyl (C=O) groups excluding carboxylic acids is 1. The van der Waals surface area contributed by atoms with E-state index in [2.05, 4.69) is 26.7 Å². The average molecular weight is 343 g/mol.